The van der Waals surface area contributed by atoms with Crippen LogP contribution in [0, 0.1) is 17.3 Å². The minimum absolute atomic E-state index is 0.159. The summed E-state index contributed by atoms with van der Waals surface area (Å²) in [6, 6.07) is 3.91. The maximum atomic E-state index is 11.6. The van der Waals surface area contributed by atoms with Crippen LogP contribution in [0.2, 0.25) is 0 Å². The fourth-order valence-electron chi connectivity index (χ4n) is 5.30. The van der Waals surface area contributed by atoms with E-state index in [2.05, 4.69) is 19.1 Å². The first kappa shape index (κ1) is 23.8. The Hall–Kier alpha value is -0.840. The Morgan fingerprint density at radius 1 is 1.40 bits per heavy atom. The molecular weight excluding hydrogens is 416 g/mol. The van der Waals surface area contributed by atoms with Gasteiger partial charge in [-0.3, -0.25) is 0 Å². The normalized spacial score (nSPS) is 26.6. The highest BCUT2D eigenvalue weighted by molar-refractivity contribution is 7.13. The van der Waals surface area contributed by atoms with Gasteiger partial charge in [0.05, 0.1) is 13.2 Å². The van der Waals surface area contributed by atoms with E-state index in [-0.39, 0.29) is 22.9 Å². The Kier molecular flexibility index (Phi) is 8.85. The minimum atomic E-state index is -0.246. The summed E-state index contributed by atoms with van der Waals surface area (Å²) >= 11 is 8.18. The van der Waals surface area contributed by atoms with E-state index in [1.165, 1.54) is 44.1 Å². The van der Waals surface area contributed by atoms with Crippen molar-refractivity contribution in [2.75, 3.05) is 7.11 Å². The predicted molar refractivity (Wildman–Crippen MR) is 125 cm³/mol. The van der Waals surface area contributed by atoms with Crippen molar-refractivity contribution in [2.24, 2.45) is 17.3 Å². The van der Waals surface area contributed by atoms with Crippen molar-refractivity contribution in [1.82, 2.24) is 0 Å². The zero-order valence-corrected chi connectivity index (χ0v) is 20.0. The molecule has 1 aromatic rings. The Balaban J connectivity index is 1.42. The van der Waals surface area contributed by atoms with Crippen molar-refractivity contribution in [1.29, 1.82) is 0 Å². The topological polar surface area (TPSA) is 46.5 Å². The molecule has 5 heteroatoms. The van der Waals surface area contributed by atoms with Crippen molar-refractivity contribution in [3.05, 3.63) is 34.0 Å². The van der Waals surface area contributed by atoms with Crippen molar-refractivity contribution in [2.45, 2.75) is 89.0 Å². The molecule has 0 spiro atoms. The van der Waals surface area contributed by atoms with Gasteiger partial charge in [0.25, 0.3) is 0 Å². The van der Waals surface area contributed by atoms with E-state index in [0.29, 0.717) is 16.7 Å². The second-order valence-corrected chi connectivity index (χ2v) is 10.9. The Bertz CT molecular complexity index is 703. The molecule has 168 valence electrons. The number of alkyl halides is 1. The van der Waals surface area contributed by atoms with E-state index in [9.17, 15) is 9.90 Å². The number of hydrogen-bond donors (Lipinski definition) is 1. The molecule has 2 aliphatic carbocycles. The average Bonchev–Trinajstić information content (AvgIpc) is 3.32. The lowest BCUT2D eigenvalue weighted by Crippen LogP contribution is -2.40. The van der Waals surface area contributed by atoms with Crippen LogP contribution in [0.3, 0.4) is 0 Å². The molecule has 30 heavy (non-hydrogen) atoms. The number of aliphatic hydroxyl groups is 1. The number of carbonyl (C=O) groups is 1. The summed E-state index contributed by atoms with van der Waals surface area (Å²) in [7, 11) is 1.42. The first-order valence-electron chi connectivity index (χ1n) is 11.6. The highest BCUT2D eigenvalue weighted by Gasteiger charge is 2.41. The smallest absolute Gasteiger partial charge is 0.348 e. The molecule has 1 aromatic heterocycles. The molecule has 1 heterocycles. The summed E-state index contributed by atoms with van der Waals surface area (Å²) in [6.07, 6.45) is 16.6. The van der Waals surface area contributed by atoms with Gasteiger partial charge < -0.3 is 9.84 Å². The molecule has 0 saturated heterocycles. The highest BCUT2D eigenvalue weighted by atomic mass is 35.5. The van der Waals surface area contributed by atoms with E-state index < -0.39 is 0 Å². The molecule has 2 fully saturated rings. The summed E-state index contributed by atoms with van der Waals surface area (Å²) in [5, 5.41) is 10.8. The zero-order chi connectivity index (χ0) is 21.6. The number of allylic oxidation sites excluding steroid dienone is 2. The van der Waals surface area contributed by atoms with Gasteiger partial charge in [-0.2, -0.15) is 0 Å². The van der Waals surface area contributed by atoms with Crippen LogP contribution < -0.4 is 0 Å². The van der Waals surface area contributed by atoms with Crippen LogP contribution in [-0.4, -0.2) is 29.7 Å². The van der Waals surface area contributed by atoms with Crippen molar-refractivity contribution in [3.8, 4) is 0 Å². The standard InChI is InChI=1S/C25H37ClO3S/c1-3-25(16-7-17-25)23(27)11-5-4-10-20-18(12-14-21(20)26)8-6-9-19-13-15-22(30-19)24(28)29-2/h4,10,13,15,18,20-21,23,27H,3,5-9,11-12,14,16-17H2,1-2H3/b10-4+/t18-,20?,21?,23?/m0/s1. The summed E-state index contributed by atoms with van der Waals surface area (Å²) in [5.74, 6) is 0.841. The lowest BCUT2D eigenvalue weighted by Gasteiger charge is -2.45. The molecular formula is C25H37ClO3S. The second kappa shape index (κ2) is 11.2. The first-order chi connectivity index (χ1) is 14.5. The van der Waals surface area contributed by atoms with E-state index in [1.807, 2.05) is 12.1 Å². The number of halogens is 1. The zero-order valence-electron chi connectivity index (χ0n) is 18.4. The third kappa shape index (κ3) is 5.69. The Labute approximate surface area is 190 Å². The summed E-state index contributed by atoms with van der Waals surface area (Å²) in [4.78, 5) is 13.5. The van der Waals surface area contributed by atoms with Crippen LogP contribution in [-0.2, 0) is 11.2 Å². The maximum Gasteiger partial charge on any atom is 0.348 e. The van der Waals surface area contributed by atoms with E-state index in [1.54, 1.807) is 11.3 Å². The number of carbonyl (C=O) groups excluding carboxylic acids is 1. The fraction of sp³-hybridized carbons (Fsp3) is 0.720. The number of aryl methyl sites for hydroxylation is 1. The lowest BCUT2D eigenvalue weighted by molar-refractivity contribution is -0.0414. The van der Waals surface area contributed by atoms with Crippen molar-refractivity contribution >= 4 is 28.9 Å². The van der Waals surface area contributed by atoms with Gasteiger partial charge in [-0.1, -0.05) is 25.5 Å². The Morgan fingerprint density at radius 2 is 2.20 bits per heavy atom. The molecule has 0 bridgehead atoms. The molecule has 2 aliphatic rings. The molecule has 0 aliphatic heterocycles. The van der Waals surface area contributed by atoms with Gasteiger partial charge in [0.1, 0.15) is 4.88 Å². The monoisotopic (exact) mass is 452 g/mol. The molecule has 4 atom stereocenters. The number of esters is 1. The third-order valence-electron chi connectivity index (χ3n) is 7.55. The van der Waals surface area contributed by atoms with Gasteiger partial charge in [0.15, 0.2) is 0 Å². The molecule has 0 radical (unpaired) electrons. The lowest BCUT2D eigenvalue weighted by atomic mass is 9.62. The summed E-state index contributed by atoms with van der Waals surface area (Å²) < 4.78 is 4.79. The Morgan fingerprint density at radius 3 is 2.87 bits per heavy atom. The molecule has 3 rings (SSSR count). The number of thiophene rings is 1. The van der Waals surface area contributed by atoms with Gasteiger partial charge in [-0.05, 0) is 93.6 Å². The minimum Gasteiger partial charge on any atom is -0.465 e. The van der Waals surface area contributed by atoms with Gasteiger partial charge in [0, 0.05) is 10.3 Å². The SMILES string of the molecule is CCC1(C(O)CC/C=C/C2C(Cl)CC[C@@H]2CCCc2ccc(C(=O)OC)s2)CCC1. The van der Waals surface area contributed by atoms with E-state index in [0.717, 1.165) is 38.5 Å². The predicted octanol–water partition coefficient (Wildman–Crippen LogP) is 6.77. The number of ether oxygens (including phenoxy) is 1. The maximum absolute atomic E-state index is 11.6. The van der Waals surface area contributed by atoms with Gasteiger partial charge in [-0.25, -0.2) is 4.79 Å². The molecule has 0 aromatic carbocycles. The van der Waals surface area contributed by atoms with Crippen molar-refractivity contribution < 1.29 is 14.6 Å². The van der Waals surface area contributed by atoms with Crippen LogP contribution in [0.1, 0.15) is 85.7 Å². The van der Waals surface area contributed by atoms with Gasteiger partial charge in [0.2, 0.25) is 0 Å². The average molecular weight is 453 g/mol. The van der Waals surface area contributed by atoms with Crippen molar-refractivity contribution in [3.63, 3.8) is 0 Å². The third-order valence-corrected chi connectivity index (χ3v) is 9.18. The largest absolute Gasteiger partial charge is 0.465 e. The van der Waals surface area contributed by atoms with Gasteiger partial charge in [-0.15, -0.1) is 22.9 Å². The fourth-order valence-corrected chi connectivity index (χ4v) is 6.68. The van der Waals surface area contributed by atoms with E-state index >= 15 is 0 Å². The first-order valence-corrected chi connectivity index (χ1v) is 12.9. The van der Waals surface area contributed by atoms with Crippen LogP contribution in [0.15, 0.2) is 24.3 Å². The molecule has 2 saturated carbocycles. The molecule has 3 unspecified atom stereocenters. The number of rotatable bonds is 11. The molecule has 1 N–H and O–H groups in total. The number of methoxy groups -OCH3 is 1. The summed E-state index contributed by atoms with van der Waals surface area (Å²) in [5.41, 5.74) is 0.203. The van der Waals surface area contributed by atoms with Crippen LogP contribution in [0.4, 0.5) is 0 Å². The van der Waals surface area contributed by atoms with Crippen LogP contribution in [0.5, 0.6) is 0 Å². The number of hydrogen-bond acceptors (Lipinski definition) is 4. The van der Waals surface area contributed by atoms with E-state index in [4.69, 9.17) is 16.3 Å². The quantitative estimate of drug-likeness (QED) is 0.229. The molecule has 0 amide bonds. The number of aliphatic hydroxyl groups excluding tert-OH is 1. The molecule has 3 nitrogen and oxygen atoms in total. The summed E-state index contributed by atoms with van der Waals surface area (Å²) in [6.45, 7) is 2.21. The van der Waals surface area contributed by atoms with Crippen LogP contribution >= 0.6 is 22.9 Å². The van der Waals surface area contributed by atoms with Crippen LogP contribution in [0.25, 0.3) is 0 Å². The van der Waals surface area contributed by atoms with Gasteiger partial charge >= 0.3 is 5.97 Å². The highest BCUT2D eigenvalue weighted by Crippen LogP contribution is 2.48. The second-order valence-electron chi connectivity index (χ2n) is 9.17.